The maximum Gasteiger partial charge on any atom is 0.191 e. The topological polar surface area (TPSA) is 41.6 Å². The van der Waals surface area contributed by atoms with Gasteiger partial charge in [0.15, 0.2) is 5.96 Å². The summed E-state index contributed by atoms with van der Waals surface area (Å²) in [6.07, 6.45) is 1.17. The highest BCUT2D eigenvalue weighted by molar-refractivity contribution is 8.00. The maximum absolute atomic E-state index is 5.97. The minimum absolute atomic E-state index is 0.286. The third-order valence-corrected chi connectivity index (χ3v) is 3.92. The summed E-state index contributed by atoms with van der Waals surface area (Å²) in [5, 5.41) is 0. The molecule has 0 aliphatic carbocycles. The first-order chi connectivity index (χ1) is 6.91. The van der Waals surface area contributed by atoms with Crippen LogP contribution in [0.4, 0.5) is 0 Å². The van der Waals surface area contributed by atoms with Crippen LogP contribution in [0.3, 0.4) is 0 Å². The Bertz CT molecular complexity index is 236. The van der Waals surface area contributed by atoms with E-state index in [1.807, 2.05) is 11.8 Å². The normalized spacial score (nSPS) is 23.0. The van der Waals surface area contributed by atoms with Crippen molar-refractivity contribution in [1.82, 2.24) is 4.90 Å². The summed E-state index contributed by atoms with van der Waals surface area (Å²) in [7, 11) is 0. The Balaban J connectivity index is 2.58. The molecule has 1 rings (SSSR count). The lowest BCUT2D eigenvalue weighted by Gasteiger charge is -2.23. The molecule has 0 radical (unpaired) electrons. The molecule has 0 aromatic heterocycles. The van der Waals surface area contributed by atoms with E-state index in [1.54, 1.807) is 0 Å². The average molecular weight is 229 g/mol. The zero-order valence-corrected chi connectivity index (χ0v) is 11.1. The van der Waals surface area contributed by atoms with Gasteiger partial charge in [0.1, 0.15) is 0 Å². The van der Waals surface area contributed by atoms with Crippen molar-refractivity contribution in [3.05, 3.63) is 0 Å². The SMILES string of the molecule is CC(C)N=C(N)N1CCSC(C)(C)CC1. The van der Waals surface area contributed by atoms with Crippen LogP contribution < -0.4 is 5.73 Å². The van der Waals surface area contributed by atoms with Crippen LogP contribution in [-0.2, 0) is 0 Å². The minimum atomic E-state index is 0.286. The van der Waals surface area contributed by atoms with Gasteiger partial charge in [0.2, 0.25) is 0 Å². The number of nitrogens with zero attached hydrogens (tertiary/aromatic N) is 2. The zero-order valence-electron chi connectivity index (χ0n) is 10.3. The van der Waals surface area contributed by atoms with Gasteiger partial charge in [0, 0.05) is 29.6 Å². The monoisotopic (exact) mass is 229 g/mol. The van der Waals surface area contributed by atoms with Gasteiger partial charge in [-0.15, -0.1) is 0 Å². The van der Waals surface area contributed by atoms with Crippen molar-refractivity contribution in [2.24, 2.45) is 10.7 Å². The van der Waals surface area contributed by atoms with Crippen LogP contribution in [0.25, 0.3) is 0 Å². The van der Waals surface area contributed by atoms with E-state index < -0.39 is 0 Å². The van der Waals surface area contributed by atoms with Gasteiger partial charge in [-0.05, 0) is 20.3 Å². The van der Waals surface area contributed by atoms with E-state index in [-0.39, 0.29) is 6.04 Å². The Morgan fingerprint density at radius 2 is 2.07 bits per heavy atom. The van der Waals surface area contributed by atoms with E-state index >= 15 is 0 Å². The van der Waals surface area contributed by atoms with Crippen LogP contribution in [0.2, 0.25) is 0 Å². The largest absolute Gasteiger partial charge is 0.370 e. The highest BCUT2D eigenvalue weighted by Gasteiger charge is 2.24. The third kappa shape index (κ3) is 4.33. The molecule has 0 amide bonds. The van der Waals surface area contributed by atoms with Gasteiger partial charge in [-0.3, -0.25) is 4.99 Å². The fraction of sp³-hybridized carbons (Fsp3) is 0.909. The molecule has 0 unspecified atom stereocenters. The van der Waals surface area contributed by atoms with Gasteiger partial charge in [-0.25, -0.2) is 0 Å². The maximum atomic E-state index is 5.97. The van der Waals surface area contributed by atoms with E-state index in [0.29, 0.717) is 10.7 Å². The fourth-order valence-corrected chi connectivity index (χ4v) is 2.70. The Morgan fingerprint density at radius 3 is 2.67 bits per heavy atom. The summed E-state index contributed by atoms with van der Waals surface area (Å²) in [6, 6.07) is 0.286. The van der Waals surface area contributed by atoms with Gasteiger partial charge < -0.3 is 10.6 Å². The molecule has 15 heavy (non-hydrogen) atoms. The van der Waals surface area contributed by atoms with E-state index in [9.17, 15) is 0 Å². The van der Waals surface area contributed by atoms with E-state index in [1.165, 1.54) is 6.42 Å². The summed E-state index contributed by atoms with van der Waals surface area (Å²) in [4.78, 5) is 6.61. The van der Waals surface area contributed by atoms with Gasteiger partial charge in [-0.2, -0.15) is 11.8 Å². The summed E-state index contributed by atoms with van der Waals surface area (Å²) < 4.78 is 0.382. The fourth-order valence-electron chi connectivity index (χ4n) is 1.60. The molecule has 1 aliphatic heterocycles. The molecule has 0 aromatic carbocycles. The smallest absolute Gasteiger partial charge is 0.191 e. The quantitative estimate of drug-likeness (QED) is 0.552. The second-order valence-corrected chi connectivity index (χ2v) is 6.73. The molecule has 0 saturated carbocycles. The van der Waals surface area contributed by atoms with Crippen molar-refractivity contribution in [2.45, 2.75) is 44.9 Å². The number of nitrogens with two attached hydrogens (primary N) is 1. The predicted molar refractivity (Wildman–Crippen MR) is 69.5 cm³/mol. The number of hydrogen-bond acceptors (Lipinski definition) is 2. The standard InChI is InChI=1S/C11H23N3S/c1-9(2)13-10(12)14-6-5-11(3,4)15-8-7-14/h9H,5-8H2,1-4H3,(H2,12,13). The van der Waals surface area contributed by atoms with Crippen LogP contribution in [0.5, 0.6) is 0 Å². The average Bonchev–Trinajstić information content (AvgIpc) is 2.25. The van der Waals surface area contributed by atoms with Crippen molar-refractivity contribution in [2.75, 3.05) is 18.8 Å². The molecule has 88 valence electrons. The molecule has 0 aromatic rings. The third-order valence-electron chi connectivity index (χ3n) is 2.55. The zero-order chi connectivity index (χ0) is 11.5. The van der Waals surface area contributed by atoms with Crippen molar-refractivity contribution >= 4 is 17.7 Å². The van der Waals surface area contributed by atoms with E-state index in [2.05, 4.69) is 37.6 Å². The Hall–Kier alpha value is -0.380. The van der Waals surface area contributed by atoms with Gasteiger partial charge in [0.25, 0.3) is 0 Å². The molecule has 3 nitrogen and oxygen atoms in total. The molecule has 4 heteroatoms. The first kappa shape index (κ1) is 12.7. The lowest BCUT2D eigenvalue weighted by atomic mass is 10.1. The molecular formula is C11H23N3S. The van der Waals surface area contributed by atoms with E-state index in [4.69, 9.17) is 5.73 Å². The molecule has 1 aliphatic rings. The first-order valence-corrected chi connectivity index (χ1v) is 6.61. The van der Waals surface area contributed by atoms with Crippen molar-refractivity contribution in [1.29, 1.82) is 0 Å². The van der Waals surface area contributed by atoms with Crippen molar-refractivity contribution in [3.63, 3.8) is 0 Å². The molecular weight excluding hydrogens is 206 g/mol. The second kappa shape index (κ2) is 5.10. The first-order valence-electron chi connectivity index (χ1n) is 5.63. The summed E-state index contributed by atoms with van der Waals surface area (Å²) in [5.74, 6) is 1.85. The summed E-state index contributed by atoms with van der Waals surface area (Å²) in [6.45, 7) is 10.8. The summed E-state index contributed by atoms with van der Waals surface area (Å²) >= 11 is 2.03. The van der Waals surface area contributed by atoms with Crippen LogP contribution in [0, 0.1) is 0 Å². The Labute approximate surface area is 97.5 Å². The van der Waals surface area contributed by atoms with E-state index in [0.717, 1.165) is 18.8 Å². The number of guanidine groups is 1. The molecule has 2 N–H and O–H groups in total. The molecule has 0 spiro atoms. The lowest BCUT2D eigenvalue weighted by Crippen LogP contribution is -2.39. The second-order valence-electron chi connectivity index (χ2n) is 4.93. The van der Waals surface area contributed by atoms with Crippen LogP contribution in [0.1, 0.15) is 34.1 Å². The van der Waals surface area contributed by atoms with Gasteiger partial charge in [0.05, 0.1) is 0 Å². The number of rotatable bonds is 1. The van der Waals surface area contributed by atoms with Crippen LogP contribution in [-0.4, -0.2) is 40.5 Å². The summed E-state index contributed by atoms with van der Waals surface area (Å²) in [5.41, 5.74) is 5.97. The number of thioether (sulfide) groups is 1. The van der Waals surface area contributed by atoms with Crippen LogP contribution >= 0.6 is 11.8 Å². The predicted octanol–water partition coefficient (Wildman–Crippen LogP) is 1.93. The van der Waals surface area contributed by atoms with Crippen LogP contribution in [0.15, 0.2) is 4.99 Å². The lowest BCUT2D eigenvalue weighted by molar-refractivity contribution is 0.416. The number of hydrogen-bond donors (Lipinski definition) is 1. The molecule has 1 saturated heterocycles. The minimum Gasteiger partial charge on any atom is -0.370 e. The molecule has 1 fully saturated rings. The molecule has 1 heterocycles. The Kier molecular flexibility index (Phi) is 4.32. The molecule has 0 bridgehead atoms. The van der Waals surface area contributed by atoms with Crippen molar-refractivity contribution < 1.29 is 0 Å². The number of aliphatic imine (C=N–C) groups is 1. The van der Waals surface area contributed by atoms with Crippen molar-refractivity contribution in [3.8, 4) is 0 Å². The van der Waals surface area contributed by atoms with Gasteiger partial charge in [-0.1, -0.05) is 13.8 Å². The highest BCUT2D eigenvalue weighted by atomic mass is 32.2. The molecule has 0 atom stereocenters. The highest BCUT2D eigenvalue weighted by Crippen LogP contribution is 2.30. The Morgan fingerprint density at radius 1 is 1.40 bits per heavy atom. The van der Waals surface area contributed by atoms with Gasteiger partial charge >= 0.3 is 0 Å².